The second-order valence-electron chi connectivity index (χ2n) is 7.70. The summed E-state index contributed by atoms with van der Waals surface area (Å²) >= 11 is 0. The fraction of sp³-hybridized carbons (Fsp3) is 0.192. The van der Waals surface area contributed by atoms with E-state index in [1.807, 2.05) is 0 Å². The molecule has 0 aromatic heterocycles. The highest BCUT2D eigenvalue weighted by atomic mass is 19.1. The number of benzene rings is 3. The van der Waals surface area contributed by atoms with Crippen LogP contribution < -0.4 is 4.74 Å². The van der Waals surface area contributed by atoms with Gasteiger partial charge in [-0.05, 0) is 48.5 Å². The summed E-state index contributed by atoms with van der Waals surface area (Å²) in [6, 6.07) is 18.8. The van der Waals surface area contributed by atoms with E-state index in [1.165, 1.54) is 24.3 Å². The number of halogens is 1. The van der Waals surface area contributed by atoms with Crippen molar-refractivity contribution in [3.8, 4) is 5.75 Å². The van der Waals surface area contributed by atoms with Crippen LogP contribution in [0.25, 0.3) is 0 Å². The smallest absolute Gasteiger partial charge is 0.254 e. The van der Waals surface area contributed by atoms with Crippen LogP contribution in [0.5, 0.6) is 5.75 Å². The molecule has 2 amide bonds. The fourth-order valence-electron chi connectivity index (χ4n) is 3.85. The van der Waals surface area contributed by atoms with Gasteiger partial charge in [-0.15, -0.1) is 0 Å². The number of carbonyl (C=O) groups excluding carboxylic acids is 3. The molecule has 6 nitrogen and oxygen atoms in total. The van der Waals surface area contributed by atoms with Crippen LogP contribution in [0.4, 0.5) is 4.39 Å². The predicted molar refractivity (Wildman–Crippen MR) is 121 cm³/mol. The molecule has 7 heteroatoms. The zero-order chi connectivity index (χ0) is 23.4. The molecule has 1 aliphatic heterocycles. The molecule has 0 aliphatic carbocycles. The fourth-order valence-corrected chi connectivity index (χ4v) is 3.85. The van der Waals surface area contributed by atoms with Crippen molar-refractivity contribution in [3.63, 3.8) is 0 Å². The SMILES string of the molecule is COc1cccc(C(=O)N2CCN(C(=O)c3ccccc3C(=O)c3ccc(F)cc3)CC2)c1. The number of ether oxygens (including phenoxy) is 1. The Labute approximate surface area is 191 Å². The highest BCUT2D eigenvalue weighted by molar-refractivity contribution is 6.15. The van der Waals surface area contributed by atoms with Crippen molar-refractivity contribution in [2.75, 3.05) is 33.3 Å². The number of amides is 2. The summed E-state index contributed by atoms with van der Waals surface area (Å²) in [6.45, 7) is 1.48. The van der Waals surface area contributed by atoms with Crippen molar-refractivity contribution in [2.45, 2.75) is 0 Å². The molecule has 3 aromatic rings. The zero-order valence-corrected chi connectivity index (χ0v) is 18.2. The molecule has 3 aromatic carbocycles. The Hall–Kier alpha value is -4.00. The van der Waals surface area contributed by atoms with Crippen molar-refractivity contribution in [1.82, 2.24) is 9.80 Å². The van der Waals surface area contributed by atoms with Crippen LogP contribution in [0, 0.1) is 5.82 Å². The first-order chi connectivity index (χ1) is 16.0. The molecule has 1 saturated heterocycles. The number of hydrogen-bond donors (Lipinski definition) is 0. The number of carbonyl (C=O) groups is 3. The van der Waals surface area contributed by atoms with Crippen LogP contribution in [0.1, 0.15) is 36.6 Å². The second-order valence-corrected chi connectivity index (χ2v) is 7.70. The molecule has 0 radical (unpaired) electrons. The normalized spacial score (nSPS) is 13.5. The minimum atomic E-state index is -0.433. The van der Waals surface area contributed by atoms with E-state index in [4.69, 9.17) is 4.74 Å². The lowest BCUT2D eigenvalue weighted by molar-refractivity contribution is 0.0534. The van der Waals surface area contributed by atoms with Crippen molar-refractivity contribution in [2.24, 2.45) is 0 Å². The van der Waals surface area contributed by atoms with Crippen LogP contribution in [-0.2, 0) is 0 Å². The van der Waals surface area contributed by atoms with Gasteiger partial charge in [0.25, 0.3) is 11.8 Å². The van der Waals surface area contributed by atoms with E-state index in [9.17, 15) is 18.8 Å². The van der Waals surface area contributed by atoms with Gasteiger partial charge in [0.1, 0.15) is 11.6 Å². The zero-order valence-electron chi connectivity index (χ0n) is 18.2. The molecule has 0 atom stereocenters. The Kier molecular flexibility index (Phi) is 6.49. The number of nitrogens with zero attached hydrogens (tertiary/aromatic N) is 2. The Morgan fingerprint density at radius 1 is 0.727 bits per heavy atom. The molecular formula is C26H23FN2O4. The molecule has 0 N–H and O–H groups in total. The summed E-state index contributed by atoms with van der Waals surface area (Å²) in [5, 5.41) is 0. The number of hydrogen-bond acceptors (Lipinski definition) is 4. The lowest BCUT2D eigenvalue weighted by Gasteiger charge is -2.35. The minimum absolute atomic E-state index is 0.118. The molecule has 1 fully saturated rings. The Morgan fingerprint density at radius 2 is 1.33 bits per heavy atom. The largest absolute Gasteiger partial charge is 0.497 e. The van der Waals surface area contributed by atoms with E-state index in [2.05, 4.69) is 0 Å². The number of ketones is 1. The van der Waals surface area contributed by atoms with E-state index in [0.717, 1.165) is 0 Å². The summed E-state index contributed by atoms with van der Waals surface area (Å²) in [6.07, 6.45) is 0. The number of methoxy groups -OCH3 is 1. The molecule has 4 rings (SSSR count). The van der Waals surface area contributed by atoms with Crippen LogP contribution in [-0.4, -0.2) is 60.7 Å². The first-order valence-electron chi connectivity index (χ1n) is 10.6. The van der Waals surface area contributed by atoms with Gasteiger partial charge in [0, 0.05) is 42.9 Å². The molecular weight excluding hydrogens is 423 g/mol. The Bertz CT molecular complexity index is 1180. The maximum absolute atomic E-state index is 13.2. The Balaban J connectivity index is 1.46. The van der Waals surface area contributed by atoms with Gasteiger partial charge < -0.3 is 14.5 Å². The van der Waals surface area contributed by atoms with Crippen LogP contribution in [0.2, 0.25) is 0 Å². The van der Waals surface area contributed by atoms with Gasteiger partial charge in [-0.1, -0.05) is 24.3 Å². The van der Waals surface area contributed by atoms with E-state index in [-0.39, 0.29) is 23.2 Å². The molecule has 0 bridgehead atoms. The monoisotopic (exact) mass is 446 g/mol. The third-order valence-corrected chi connectivity index (χ3v) is 5.68. The third-order valence-electron chi connectivity index (χ3n) is 5.68. The summed E-state index contributed by atoms with van der Waals surface area (Å²) in [5.74, 6) is -0.553. The van der Waals surface area contributed by atoms with Gasteiger partial charge in [-0.25, -0.2) is 4.39 Å². The first-order valence-corrected chi connectivity index (χ1v) is 10.6. The van der Waals surface area contributed by atoms with Crippen molar-refractivity contribution in [3.05, 3.63) is 101 Å². The quantitative estimate of drug-likeness (QED) is 0.561. The predicted octanol–water partition coefficient (Wildman–Crippen LogP) is 3.66. The summed E-state index contributed by atoms with van der Waals surface area (Å²) < 4.78 is 18.4. The molecule has 1 heterocycles. The number of piperazine rings is 1. The molecule has 33 heavy (non-hydrogen) atoms. The van der Waals surface area contributed by atoms with Gasteiger partial charge in [-0.3, -0.25) is 14.4 Å². The maximum Gasteiger partial charge on any atom is 0.254 e. The van der Waals surface area contributed by atoms with Gasteiger partial charge in [0.2, 0.25) is 0 Å². The molecule has 0 unspecified atom stereocenters. The lowest BCUT2D eigenvalue weighted by Crippen LogP contribution is -2.50. The summed E-state index contributed by atoms with van der Waals surface area (Å²) in [7, 11) is 1.55. The average molecular weight is 446 g/mol. The van der Waals surface area contributed by atoms with Gasteiger partial charge in [0.05, 0.1) is 12.7 Å². The van der Waals surface area contributed by atoms with Crippen LogP contribution >= 0.6 is 0 Å². The van der Waals surface area contributed by atoms with Gasteiger partial charge in [0.15, 0.2) is 5.78 Å². The second kappa shape index (κ2) is 9.65. The van der Waals surface area contributed by atoms with Crippen molar-refractivity contribution >= 4 is 17.6 Å². The highest BCUT2D eigenvalue weighted by Crippen LogP contribution is 2.20. The Morgan fingerprint density at radius 3 is 1.97 bits per heavy atom. The van der Waals surface area contributed by atoms with Crippen molar-refractivity contribution < 1.29 is 23.5 Å². The van der Waals surface area contributed by atoms with Crippen LogP contribution in [0.3, 0.4) is 0 Å². The molecule has 1 aliphatic rings. The van der Waals surface area contributed by atoms with E-state index in [0.29, 0.717) is 48.6 Å². The molecule has 0 spiro atoms. The number of rotatable bonds is 5. The summed E-state index contributed by atoms with van der Waals surface area (Å²) in [4.78, 5) is 42.4. The first kappa shape index (κ1) is 22.2. The third kappa shape index (κ3) is 4.77. The molecule has 0 saturated carbocycles. The van der Waals surface area contributed by atoms with Gasteiger partial charge >= 0.3 is 0 Å². The topological polar surface area (TPSA) is 66.9 Å². The maximum atomic E-state index is 13.2. The minimum Gasteiger partial charge on any atom is -0.497 e. The van der Waals surface area contributed by atoms with Gasteiger partial charge in [-0.2, -0.15) is 0 Å². The van der Waals surface area contributed by atoms with E-state index in [1.54, 1.807) is 65.4 Å². The summed E-state index contributed by atoms with van der Waals surface area (Å²) in [5.41, 5.74) is 1.40. The lowest BCUT2D eigenvalue weighted by atomic mass is 9.97. The molecule has 168 valence electrons. The standard InChI is InChI=1S/C26H23FN2O4/c1-33-21-6-4-5-19(17-21)25(31)28-13-15-29(16-14-28)26(32)23-8-3-2-7-22(23)24(30)18-9-11-20(27)12-10-18/h2-12,17H,13-16H2,1H3. The van der Waals surface area contributed by atoms with E-state index < -0.39 is 5.82 Å². The van der Waals surface area contributed by atoms with Crippen molar-refractivity contribution in [1.29, 1.82) is 0 Å². The van der Waals surface area contributed by atoms with E-state index >= 15 is 0 Å². The average Bonchev–Trinajstić information content (AvgIpc) is 2.88. The highest BCUT2D eigenvalue weighted by Gasteiger charge is 2.28. The van der Waals surface area contributed by atoms with Crippen LogP contribution in [0.15, 0.2) is 72.8 Å².